The molecule has 1 atom stereocenters. The van der Waals surface area contributed by atoms with Gasteiger partial charge in [0, 0.05) is 6.07 Å². The van der Waals surface area contributed by atoms with Gasteiger partial charge in [-0.3, -0.25) is 0 Å². The lowest BCUT2D eigenvalue weighted by molar-refractivity contribution is -0.147. The number of rotatable bonds is 4. The molecule has 0 amide bonds. The Bertz CT molecular complexity index is 496. The van der Waals surface area contributed by atoms with Crippen molar-refractivity contribution in [1.82, 2.24) is 9.97 Å². The van der Waals surface area contributed by atoms with Gasteiger partial charge in [0.1, 0.15) is 5.82 Å². The highest BCUT2D eigenvalue weighted by atomic mass is 16.5. The van der Waals surface area contributed by atoms with Gasteiger partial charge in [-0.25, -0.2) is 9.78 Å². The van der Waals surface area contributed by atoms with Crippen LogP contribution in [0.1, 0.15) is 25.4 Å². The lowest BCUT2D eigenvalue weighted by atomic mass is 9.88. The third-order valence-corrected chi connectivity index (χ3v) is 2.44. The number of methoxy groups -OCH3 is 1. The summed E-state index contributed by atoms with van der Waals surface area (Å²) < 4.78 is 9.91. The van der Waals surface area contributed by atoms with Crippen LogP contribution in [0.3, 0.4) is 0 Å². The van der Waals surface area contributed by atoms with Crippen LogP contribution in [-0.4, -0.2) is 29.7 Å². The predicted octanol–water partition coefficient (Wildman–Crippen LogP) is 1.14. The van der Waals surface area contributed by atoms with Gasteiger partial charge < -0.3 is 9.47 Å². The van der Waals surface area contributed by atoms with Crippen LogP contribution >= 0.6 is 0 Å². The third-order valence-electron chi connectivity index (χ3n) is 2.44. The van der Waals surface area contributed by atoms with Crippen molar-refractivity contribution in [2.75, 3.05) is 13.7 Å². The van der Waals surface area contributed by atoms with E-state index in [1.165, 1.54) is 20.1 Å². The average molecular weight is 249 g/mol. The average Bonchev–Trinajstić information content (AvgIpc) is 2.37. The second kappa shape index (κ2) is 5.45. The van der Waals surface area contributed by atoms with E-state index in [-0.39, 0.29) is 12.3 Å². The summed E-state index contributed by atoms with van der Waals surface area (Å²) in [5.74, 6) is 0.103. The Morgan fingerprint density at radius 3 is 2.72 bits per heavy atom. The highest BCUT2D eigenvalue weighted by Gasteiger charge is 2.39. The lowest BCUT2D eigenvalue weighted by Gasteiger charge is -2.19. The molecule has 0 saturated carbocycles. The van der Waals surface area contributed by atoms with E-state index in [9.17, 15) is 10.1 Å². The van der Waals surface area contributed by atoms with Crippen LogP contribution in [0.25, 0.3) is 0 Å². The van der Waals surface area contributed by atoms with Crippen molar-refractivity contribution in [3.05, 3.63) is 17.6 Å². The molecule has 0 radical (unpaired) electrons. The summed E-state index contributed by atoms with van der Waals surface area (Å²) in [5.41, 5.74) is -1.19. The maximum Gasteiger partial charge on any atom is 0.332 e. The SMILES string of the molecule is CCOC(=O)C(C)(C#N)c1cc(OC)nc(C)n1. The maximum atomic E-state index is 11.9. The van der Waals surface area contributed by atoms with E-state index in [0.29, 0.717) is 11.7 Å². The fourth-order valence-corrected chi connectivity index (χ4v) is 1.38. The van der Waals surface area contributed by atoms with E-state index in [1.807, 2.05) is 6.07 Å². The van der Waals surface area contributed by atoms with E-state index < -0.39 is 11.4 Å². The summed E-state index contributed by atoms with van der Waals surface area (Å²) in [6.45, 7) is 5.01. The molecule has 0 aliphatic carbocycles. The summed E-state index contributed by atoms with van der Waals surface area (Å²) in [7, 11) is 1.46. The van der Waals surface area contributed by atoms with Crippen LogP contribution in [0.15, 0.2) is 6.07 Å². The molecule has 0 aliphatic heterocycles. The number of carbonyl (C=O) groups excluding carboxylic acids is 1. The Morgan fingerprint density at radius 2 is 2.22 bits per heavy atom. The molecule has 1 unspecified atom stereocenters. The summed E-state index contributed by atoms with van der Waals surface area (Å²) in [6.07, 6.45) is 0. The standard InChI is InChI=1S/C12H15N3O3/c1-5-18-11(16)12(3,7-13)9-6-10(17-4)15-8(2)14-9/h6H,5H2,1-4H3. The van der Waals surface area contributed by atoms with Gasteiger partial charge in [-0.2, -0.15) is 10.2 Å². The van der Waals surface area contributed by atoms with Crippen LogP contribution in [0.2, 0.25) is 0 Å². The van der Waals surface area contributed by atoms with Crippen molar-refractivity contribution >= 4 is 5.97 Å². The quantitative estimate of drug-likeness (QED) is 0.744. The number of esters is 1. The third kappa shape index (κ3) is 2.56. The largest absolute Gasteiger partial charge is 0.481 e. The highest BCUT2D eigenvalue weighted by Crippen LogP contribution is 2.25. The van der Waals surface area contributed by atoms with Gasteiger partial charge in [0.15, 0.2) is 5.41 Å². The molecule has 1 heterocycles. The van der Waals surface area contributed by atoms with E-state index in [1.54, 1.807) is 13.8 Å². The second-order valence-electron chi connectivity index (χ2n) is 3.80. The van der Waals surface area contributed by atoms with E-state index in [4.69, 9.17) is 9.47 Å². The number of nitrogens with zero attached hydrogens (tertiary/aromatic N) is 3. The monoisotopic (exact) mass is 249 g/mol. The fraction of sp³-hybridized carbons (Fsp3) is 0.500. The number of nitriles is 1. The molecule has 1 aromatic rings. The fourth-order valence-electron chi connectivity index (χ4n) is 1.38. The Balaban J connectivity index is 3.28. The first kappa shape index (κ1) is 13.9. The minimum absolute atomic E-state index is 0.206. The molecular weight excluding hydrogens is 234 g/mol. The Kier molecular flexibility index (Phi) is 4.21. The number of hydrogen-bond acceptors (Lipinski definition) is 6. The van der Waals surface area contributed by atoms with Gasteiger partial charge in [0.05, 0.1) is 25.5 Å². The number of ether oxygens (including phenoxy) is 2. The first-order valence-electron chi connectivity index (χ1n) is 5.46. The molecule has 6 nitrogen and oxygen atoms in total. The van der Waals surface area contributed by atoms with Gasteiger partial charge in [-0.05, 0) is 20.8 Å². The molecular formula is C12H15N3O3. The van der Waals surface area contributed by atoms with Crippen LogP contribution in [0.4, 0.5) is 0 Å². The molecule has 0 fully saturated rings. The van der Waals surface area contributed by atoms with Crippen molar-refractivity contribution < 1.29 is 14.3 Å². The topological polar surface area (TPSA) is 85.1 Å². The molecule has 18 heavy (non-hydrogen) atoms. The Labute approximate surface area is 106 Å². The van der Waals surface area contributed by atoms with Gasteiger partial charge in [-0.15, -0.1) is 0 Å². The molecule has 0 aromatic carbocycles. The Hall–Kier alpha value is -2.16. The van der Waals surface area contributed by atoms with E-state index in [0.717, 1.165) is 0 Å². The molecule has 96 valence electrons. The zero-order valence-electron chi connectivity index (χ0n) is 10.9. The molecule has 0 aliphatic rings. The van der Waals surface area contributed by atoms with Crippen molar-refractivity contribution in [1.29, 1.82) is 5.26 Å². The van der Waals surface area contributed by atoms with Crippen molar-refractivity contribution in [2.45, 2.75) is 26.2 Å². The van der Waals surface area contributed by atoms with Crippen molar-refractivity contribution in [2.24, 2.45) is 0 Å². The summed E-state index contributed by atoms with van der Waals surface area (Å²) in [5, 5.41) is 9.24. The van der Waals surface area contributed by atoms with E-state index >= 15 is 0 Å². The van der Waals surface area contributed by atoms with Crippen LogP contribution < -0.4 is 4.74 Å². The zero-order valence-corrected chi connectivity index (χ0v) is 10.9. The summed E-state index contributed by atoms with van der Waals surface area (Å²) >= 11 is 0. The normalized spacial score (nSPS) is 13.3. The lowest BCUT2D eigenvalue weighted by Crippen LogP contribution is -2.34. The van der Waals surface area contributed by atoms with Gasteiger partial charge in [-0.1, -0.05) is 0 Å². The minimum Gasteiger partial charge on any atom is -0.481 e. The minimum atomic E-state index is -1.46. The van der Waals surface area contributed by atoms with Gasteiger partial charge in [0.25, 0.3) is 0 Å². The van der Waals surface area contributed by atoms with Gasteiger partial charge >= 0.3 is 5.97 Å². The number of carbonyl (C=O) groups is 1. The van der Waals surface area contributed by atoms with Crippen LogP contribution in [0, 0.1) is 18.3 Å². The number of aryl methyl sites for hydroxylation is 1. The molecule has 1 rings (SSSR count). The molecule has 0 N–H and O–H groups in total. The molecule has 0 bridgehead atoms. The smallest absolute Gasteiger partial charge is 0.332 e. The first-order valence-corrected chi connectivity index (χ1v) is 5.46. The predicted molar refractivity (Wildman–Crippen MR) is 62.9 cm³/mol. The first-order chi connectivity index (χ1) is 8.47. The van der Waals surface area contributed by atoms with Crippen molar-refractivity contribution in [3.63, 3.8) is 0 Å². The molecule has 6 heteroatoms. The molecule has 1 aromatic heterocycles. The molecule has 0 spiro atoms. The maximum absolute atomic E-state index is 11.9. The highest BCUT2D eigenvalue weighted by molar-refractivity contribution is 5.85. The van der Waals surface area contributed by atoms with Crippen molar-refractivity contribution in [3.8, 4) is 11.9 Å². The van der Waals surface area contributed by atoms with Crippen LogP contribution in [-0.2, 0) is 14.9 Å². The summed E-state index contributed by atoms with van der Waals surface area (Å²) in [4.78, 5) is 20.0. The summed E-state index contributed by atoms with van der Waals surface area (Å²) in [6, 6.07) is 3.40. The second-order valence-corrected chi connectivity index (χ2v) is 3.80. The zero-order chi connectivity index (χ0) is 13.8. The number of aromatic nitrogens is 2. The van der Waals surface area contributed by atoms with E-state index in [2.05, 4.69) is 9.97 Å². The Morgan fingerprint density at radius 1 is 1.56 bits per heavy atom. The van der Waals surface area contributed by atoms with Gasteiger partial charge in [0.2, 0.25) is 5.88 Å². The molecule has 0 saturated heterocycles. The van der Waals surface area contributed by atoms with Crippen LogP contribution in [0.5, 0.6) is 5.88 Å². The number of hydrogen-bond donors (Lipinski definition) is 0.